The van der Waals surface area contributed by atoms with Crippen LogP contribution in [-0.2, 0) is 4.74 Å². The summed E-state index contributed by atoms with van der Waals surface area (Å²) in [6.07, 6.45) is 3.11. The second kappa shape index (κ2) is 6.18. The van der Waals surface area contributed by atoms with E-state index in [1.807, 2.05) is 0 Å². The van der Waals surface area contributed by atoms with Gasteiger partial charge in [0.15, 0.2) is 11.5 Å². The summed E-state index contributed by atoms with van der Waals surface area (Å²) in [4.78, 5) is 14.0. The van der Waals surface area contributed by atoms with Crippen LogP contribution in [0.5, 0.6) is 17.2 Å². The molecule has 1 aliphatic heterocycles. The van der Waals surface area contributed by atoms with Gasteiger partial charge in [-0.25, -0.2) is 0 Å². The van der Waals surface area contributed by atoms with Crippen molar-refractivity contribution in [3.8, 4) is 17.2 Å². The molecule has 6 nitrogen and oxygen atoms in total. The highest BCUT2D eigenvalue weighted by Gasteiger charge is 2.21. The standard InChI is InChI=1S/C14H17NO5/c1-17-11-8-10(9-12(18-2)13(11)19-3)14(16)15-4-6-20-7-5-15/h4,6,8-9H,5,7H2,1-3H3. The Labute approximate surface area is 117 Å². The summed E-state index contributed by atoms with van der Waals surface area (Å²) in [7, 11) is 4.55. The molecule has 1 aliphatic rings. The van der Waals surface area contributed by atoms with Crippen molar-refractivity contribution in [2.75, 3.05) is 34.5 Å². The molecule has 1 aromatic rings. The van der Waals surface area contributed by atoms with Crippen LogP contribution in [0.3, 0.4) is 0 Å². The van der Waals surface area contributed by atoms with Crippen molar-refractivity contribution in [3.63, 3.8) is 0 Å². The summed E-state index contributed by atoms with van der Waals surface area (Å²) in [6, 6.07) is 3.26. The topological polar surface area (TPSA) is 57.2 Å². The van der Waals surface area contributed by atoms with Crippen LogP contribution in [0, 0.1) is 0 Å². The van der Waals surface area contributed by atoms with Gasteiger partial charge in [-0.05, 0) is 12.1 Å². The summed E-state index contributed by atoms with van der Waals surface area (Å²) >= 11 is 0. The van der Waals surface area contributed by atoms with Crippen molar-refractivity contribution in [2.45, 2.75) is 0 Å². The number of hydrogen-bond donors (Lipinski definition) is 0. The monoisotopic (exact) mass is 279 g/mol. The Morgan fingerprint density at radius 2 is 1.80 bits per heavy atom. The lowest BCUT2D eigenvalue weighted by Crippen LogP contribution is -2.31. The predicted octanol–water partition coefficient (Wildman–Crippen LogP) is 1.66. The zero-order chi connectivity index (χ0) is 14.5. The van der Waals surface area contributed by atoms with E-state index < -0.39 is 0 Å². The van der Waals surface area contributed by atoms with Gasteiger partial charge in [0.1, 0.15) is 6.61 Å². The molecule has 0 unspecified atom stereocenters. The summed E-state index contributed by atoms with van der Waals surface area (Å²) in [5.74, 6) is 1.22. The van der Waals surface area contributed by atoms with Gasteiger partial charge in [-0.1, -0.05) is 0 Å². The maximum atomic E-state index is 12.4. The van der Waals surface area contributed by atoms with Gasteiger partial charge in [-0.2, -0.15) is 0 Å². The third-order valence-electron chi connectivity index (χ3n) is 2.96. The number of ether oxygens (including phenoxy) is 4. The van der Waals surface area contributed by atoms with Crippen molar-refractivity contribution >= 4 is 5.91 Å². The number of methoxy groups -OCH3 is 3. The maximum absolute atomic E-state index is 12.4. The molecule has 0 spiro atoms. The van der Waals surface area contributed by atoms with Gasteiger partial charge in [-0.3, -0.25) is 4.79 Å². The predicted molar refractivity (Wildman–Crippen MR) is 72.2 cm³/mol. The largest absolute Gasteiger partial charge is 0.498 e. The Bertz CT molecular complexity index is 501. The summed E-state index contributed by atoms with van der Waals surface area (Å²) < 4.78 is 20.8. The molecule has 1 aromatic carbocycles. The van der Waals surface area contributed by atoms with Crippen LogP contribution < -0.4 is 14.2 Å². The van der Waals surface area contributed by atoms with Crippen molar-refractivity contribution in [2.24, 2.45) is 0 Å². The molecule has 0 N–H and O–H groups in total. The second-order valence-corrected chi connectivity index (χ2v) is 4.07. The second-order valence-electron chi connectivity index (χ2n) is 4.07. The lowest BCUT2D eigenvalue weighted by molar-refractivity contribution is 0.0751. The summed E-state index contributed by atoms with van der Waals surface area (Å²) in [6.45, 7) is 0.985. The van der Waals surface area contributed by atoms with Crippen LogP contribution in [0.1, 0.15) is 10.4 Å². The third kappa shape index (κ3) is 2.64. The molecule has 0 saturated heterocycles. The molecule has 0 radical (unpaired) electrons. The first-order valence-electron chi connectivity index (χ1n) is 6.10. The Kier molecular flexibility index (Phi) is 4.34. The van der Waals surface area contributed by atoms with Gasteiger partial charge in [0.05, 0.1) is 34.1 Å². The van der Waals surface area contributed by atoms with Crippen LogP contribution in [0.2, 0.25) is 0 Å². The Morgan fingerprint density at radius 1 is 1.15 bits per heavy atom. The first-order chi connectivity index (χ1) is 9.71. The van der Waals surface area contributed by atoms with Gasteiger partial charge in [0.25, 0.3) is 5.91 Å². The van der Waals surface area contributed by atoms with Gasteiger partial charge in [0, 0.05) is 11.8 Å². The molecular weight excluding hydrogens is 262 g/mol. The number of rotatable bonds is 4. The van der Waals surface area contributed by atoms with Crippen molar-refractivity contribution in [1.29, 1.82) is 0 Å². The maximum Gasteiger partial charge on any atom is 0.258 e. The van der Waals surface area contributed by atoms with Crippen LogP contribution in [0.15, 0.2) is 24.6 Å². The fraction of sp³-hybridized carbons (Fsp3) is 0.357. The molecule has 20 heavy (non-hydrogen) atoms. The SMILES string of the molecule is COc1cc(C(=O)N2C=COCC2)cc(OC)c1OC. The summed E-state index contributed by atoms with van der Waals surface area (Å²) in [5.41, 5.74) is 0.464. The molecule has 0 atom stereocenters. The minimum Gasteiger partial charge on any atom is -0.498 e. The van der Waals surface area contributed by atoms with Crippen LogP contribution in [0.25, 0.3) is 0 Å². The number of carbonyl (C=O) groups is 1. The highest BCUT2D eigenvalue weighted by Crippen LogP contribution is 2.38. The van der Waals surface area contributed by atoms with E-state index in [2.05, 4.69) is 0 Å². The van der Waals surface area contributed by atoms with E-state index in [0.717, 1.165) is 0 Å². The van der Waals surface area contributed by atoms with E-state index in [9.17, 15) is 4.79 Å². The number of amides is 1. The van der Waals surface area contributed by atoms with E-state index in [1.54, 1.807) is 23.2 Å². The average Bonchev–Trinajstić information content (AvgIpc) is 2.53. The number of nitrogens with zero attached hydrogens (tertiary/aromatic N) is 1. The zero-order valence-corrected chi connectivity index (χ0v) is 11.7. The molecule has 0 fully saturated rings. The minimum absolute atomic E-state index is 0.149. The molecule has 0 aliphatic carbocycles. The van der Waals surface area contributed by atoms with Gasteiger partial charge in [-0.15, -0.1) is 0 Å². The van der Waals surface area contributed by atoms with E-state index in [-0.39, 0.29) is 5.91 Å². The molecule has 1 amide bonds. The van der Waals surface area contributed by atoms with Crippen molar-refractivity contribution in [3.05, 3.63) is 30.2 Å². The van der Waals surface area contributed by atoms with Crippen molar-refractivity contribution in [1.82, 2.24) is 4.90 Å². The Morgan fingerprint density at radius 3 is 2.25 bits per heavy atom. The van der Waals surface area contributed by atoms with E-state index in [0.29, 0.717) is 36.0 Å². The Hall–Kier alpha value is -2.37. The van der Waals surface area contributed by atoms with Crippen LogP contribution in [0.4, 0.5) is 0 Å². The molecule has 6 heteroatoms. The smallest absolute Gasteiger partial charge is 0.258 e. The number of benzene rings is 1. The van der Waals surface area contributed by atoms with Gasteiger partial charge in [0.2, 0.25) is 5.75 Å². The van der Waals surface area contributed by atoms with E-state index >= 15 is 0 Å². The van der Waals surface area contributed by atoms with E-state index in [4.69, 9.17) is 18.9 Å². The van der Waals surface area contributed by atoms with Crippen LogP contribution >= 0.6 is 0 Å². The first kappa shape index (κ1) is 14.0. The first-order valence-corrected chi connectivity index (χ1v) is 6.10. The third-order valence-corrected chi connectivity index (χ3v) is 2.96. The van der Waals surface area contributed by atoms with Gasteiger partial charge < -0.3 is 23.8 Å². The van der Waals surface area contributed by atoms with E-state index in [1.165, 1.54) is 27.6 Å². The molecule has 0 bridgehead atoms. The zero-order valence-electron chi connectivity index (χ0n) is 11.7. The number of hydrogen-bond acceptors (Lipinski definition) is 5. The quantitative estimate of drug-likeness (QED) is 0.839. The highest BCUT2D eigenvalue weighted by atomic mass is 16.5. The molecule has 0 aromatic heterocycles. The lowest BCUT2D eigenvalue weighted by atomic mass is 10.1. The fourth-order valence-corrected chi connectivity index (χ4v) is 1.95. The number of carbonyl (C=O) groups excluding carboxylic acids is 1. The fourth-order valence-electron chi connectivity index (χ4n) is 1.95. The molecular formula is C14H17NO5. The molecule has 0 saturated carbocycles. The normalized spacial score (nSPS) is 13.7. The lowest BCUT2D eigenvalue weighted by Gasteiger charge is -2.22. The molecule has 2 rings (SSSR count). The molecule has 1 heterocycles. The van der Waals surface area contributed by atoms with Crippen molar-refractivity contribution < 1.29 is 23.7 Å². The Balaban J connectivity index is 2.38. The van der Waals surface area contributed by atoms with Gasteiger partial charge >= 0.3 is 0 Å². The minimum atomic E-state index is -0.149. The molecule has 108 valence electrons. The van der Waals surface area contributed by atoms with Crippen LogP contribution in [-0.4, -0.2) is 45.3 Å². The average molecular weight is 279 g/mol. The highest BCUT2D eigenvalue weighted by molar-refractivity contribution is 5.96. The summed E-state index contributed by atoms with van der Waals surface area (Å²) in [5, 5.41) is 0.